The van der Waals surface area contributed by atoms with E-state index in [1.165, 1.54) is 4.57 Å². The number of nitrogen functional groups attached to an aromatic ring is 1. The number of nitrogens with two attached hydrogens (primary N) is 3. The number of urea groups is 1. The number of carbonyl (C=O) groups excluding carboxylic acids is 1. The van der Waals surface area contributed by atoms with Crippen molar-refractivity contribution in [2.75, 3.05) is 30.4 Å². The maximum atomic E-state index is 15.2. The molecule has 1 saturated heterocycles. The largest absolute Gasteiger partial charge is 0.367 e. The number of aryl methyl sites for hydroxylation is 1. The lowest BCUT2D eigenvalue weighted by molar-refractivity contribution is 0.246. The van der Waals surface area contributed by atoms with E-state index in [1.54, 1.807) is 6.92 Å². The Kier molecular flexibility index (Phi) is 5.12. The van der Waals surface area contributed by atoms with Crippen LogP contribution in [0.1, 0.15) is 31.4 Å². The van der Waals surface area contributed by atoms with Gasteiger partial charge >= 0.3 is 17.3 Å². The van der Waals surface area contributed by atoms with Crippen molar-refractivity contribution in [3.63, 3.8) is 0 Å². The molecule has 3 unspecified atom stereocenters. The van der Waals surface area contributed by atoms with Crippen molar-refractivity contribution in [1.29, 1.82) is 0 Å². The zero-order valence-corrected chi connectivity index (χ0v) is 17.5. The Bertz CT molecular complexity index is 1170. The Labute approximate surface area is 177 Å². The highest BCUT2D eigenvalue weighted by atomic mass is 19.1. The van der Waals surface area contributed by atoms with Crippen LogP contribution in [0.15, 0.2) is 9.59 Å². The van der Waals surface area contributed by atoms with Crippen molar-refractivity contribution in [3.05, 3.63) is 32.3 Å². The second kappa shape index (κ2) is 7.52. The van der Waals surface area contributed by atoms with Gasteiger partial charge in [0.1, 0.15) is 0 Å². The minimum Gasteiger partial charge on any atom is -0.367 e. The van der Waals surface area contributed by atoms with E-state index in [4.69, 9.17) is 17.3 Å². The normalized spacial score (nSPS) is 22.1. The minimum absolute atomic E-state index is 0.0241. The minimum atomic E-state index is -0.822. The fourth-order valence-corrected chi connectivity index (χ4v) is 4.65. The molecule has 4 rings (SSSR count). The molecule has 2 fully saturated rings. The summed E-state index contributed by atoms with van der Waals surface area (Å²) < 4.78 is 17.1. The second-order valence-corrected chi connectivity index (χ2v) is 8.59. The van der Waals surface area contributed by atoms with E-state index in [0.717, 1.165) is 12.8 Å². The summed E-state index contributed by atoms with van der Waals surface area (Å²) in [7, 11) is 0. The second-order valence-electron chi connectivity index (χ2n) is 8.59. The first kappa shape index (κ1) is 21.1. The Morgan fingerprint density at radius 1 is 1.32 bits per heavy atom. The van der Waals surface area contributed by atoms with Crippen LogP contribution in [0.25, 0.3) is 11.0 Å². The van der Waals surface area contributed by atoms with Crippen LogP contribution in [0, 0.1) is 24.7 Å². The molecule has 2 aromatic heterocycles. The van der Waals surface area contributed by atoms with Gasteiger partial charge < -0.3 is 27.5 Å². The maximum absolute atomic E-state index is 15.2. The van der Waals surface area contributed by atoms with Crippen molar-refractivity contribution in [2.45, 2.75) is 38.8 Å². The molecule has 0 radical (unpaired) electrons. The van der Waals surface area contributed by atoms with Crippen molar-refractivity contribution in [3.8, 4) is 0 Å². The number of rotatable bonds is 5. The number of aromatic nitrogens is 3. The molecule has 3 atom stereocenters. The summed E-state index contributed by atoms with van der Waals surface area (Å²) in [5, 5.41) is 2.51. The molecule has 2 aliphatic rings. The van der Waals surface area contributed by atoms with Crippen molar-refractivity contribution < 1.29 is 9.18 Å². The first-order chi connectivity index (χ1) is 14.6. The van der Waals surface area contributed by atoms with E-state index in [2.05, 4.69) is 10.3 Å². The number of amides is 2. The third kappa shape index (κ3) is 3.50. The number of fused-ring (bicyclic) bond motifs is 1. The van der Waals surface area contributed by atoms with Gasteiger partial charge in [-0.1, -0.05) is 6.92 Å². The molecule has 11 nitrogen and oxygen atoms in total. The molecule has 2 amide bonds. The fourth-order valence-electron chi connectivity index (χ4n) is 4.65. The number of halogens is 1. The summed E-state index contributed by atoms with van der Waals surface area (Å²) in [4.78, 5) is 42.0. The molecule has 168 valence electrons. The number of hydrogen-bond donors (Lipinski definition) is 4. The topological polar surface area (TPSA) is 167 Å². The van der Waals surface area contributed by atoms with E-state index >= 15 is 4.39 Å². The molecule has 2 aromatic rings. The summed E-state index contributed by atoms with van der Waals surface area (Å²) in [6, 6.07) is -1.09. The molecular weight excluding hydrogens is 407 g/mol. The first-order valence-corrected chi connectivity index (χ1v) is 10.3. The van der Waals surface area contributed by atoms with E-state index in [0.29, 0.717) is 28.8 Å². The highest BCUT2D eigenvalue weighted by Crippen LogP contribution is 2.39. The number of primary amides is 1. The van der Waals surface area contributed by atoms with E-state index < -0.39 is 23.2 Å². The predicted molar refractivity (Wildman–Crippen MR) is 114 cm³/mol. The number of pyridine rings is 1. The van der Waals surface area contributed by atoms with Gasteiger partial charge in [0, 0.05) is 37.3 Å². The van der Waals surface area contributed by atoms with Crippen LogP contribution in [0.2, 0.25) is 0 Å². The van der Waals surface area contributed by atoms with Gasteiger partial charge in [0.2, 0.25) is 5.95 Å². The molecule has 0 bridgehead atoms. The Morgan fingerprint density at radius 2 is 2.00 bits per heavy atom. The zero-order chi connectivity index (χ0) is 22.6. The summed E-state index contributed by atoms with van der Waals surface area (Å²) in [6.45, 7) is 4.86. The monoisotopic (exact) mass is 434 g/mol. The summed E-state index contributed by atoms with van der Waals surface area (Å²) in [5.41, 5.74) is 10.8. The molecule has 12 heteroatoms. The van der Waals surface area contributed by atoms with Gasteiger partial charge in [-0.3, -0.25) is 9.36 Å². The SMILES string of the molecule is Cc1c(N2CC(C)C(C(N)CNC(N)=O)C2)c(F)nc2c(=O)n(N)c(=O)n(C3CC3)c12. The average molecular weight is 434 g/mol. The van der Waals surface area contributed by atoms with Crippen molar-refractivity contribution in [2.24, 2.45) is 23.3 Å². The lowest BCUT2D eigenvalue weighted by atomic mass is 9.91. The lowest BCUT2D eigenvalue weighted by Gasteiger charge is -2.25. The molecule has 0 spiro atoms. The molecule has 7 N–H and O–H groups in total. The molecule has 1 saturated carbocycles. The van der Waals surface area contributed by atoms with E-state index in [-0.39, 0.29) is 41.7 Å². The van der Waals surface area contributed by atoms with Gasteiger partial charge in [0.15, 0.2) is 5.52 Å². The standard InChI is InChI=1S/C19H27FN8O3/c1-8-6-26(7-11(8)12(21)5-24-18(22)30)15-9(2)14-13(25-16(15)20)17(29)28(23)19(31)27(14)10-3-4-10/h8,10-12H,3-7,21,23H2,1-2H3,(H3,22,24,30). The maximum Gasteiger partial charge on any atom is 0.350 e. The molecule has 3 heterocycles. The fraction of sp³-hybridized carbons (Fsp3) is 0.579. The third-order valence-corrected chi connectivity index (χ3v) is 6.38. The van der Waals surface area contributed by atoms with Crippen molar-refractivity contribution >= 4 is 22.8 Å². The summed E-state index contributed by atoms with van der Waals surface area (Å²) in [5.74, 6) is 4.94. The number of nitrogens with one attached hydrogen (secondary N) is 1. The highest BCUT2D eigenvalue weighted by molar-refractivity contribution is 5.83. The Balaban J connectivity index is 1.78. The van der Waals surface area contributed by atoms with Crippen LogP contribution in [-0.2, 0) is 0 Å². The predicted octanol–water partition coefficient (Wildman–Crippen LogP) is -0.878. The Morgan fingerprint density at radius 3 is 2.61 bits per heavy atom. The van der Waals surface area contributed by atoms with Crippen molar-refractivity contribution in [1.82, 2.24) is 19.5 Å². The summed E-state index contributed by atoms with van der Waals surface area (Å²) >= 11 is 0. The van der Waals surface area contributed by atoms with Gasteiger partial charge in [-0.05, 0) is 31.6 Å². The molecular formula is C19H27FN8O3. The first-order valence-electron chi connectivity index (χ1n) is 10.3. The van der Waals surface area contributed by atoms with Gasteiger partial charge in [0.05, 0.1) is 11.2 Å². The van der Waals surface area contributed by atoms with Gasteiger partial charge in [-0.15, -0.1) is 0 Å². The van der Waals surface area contributed by atoms with Gasteiger partial charge in [-0.25, -0.2) is 14.6 Å². The van der Waals surface area contributed by atoms with Crippen LogP contribution < -0.4 is 38.8 Å². The van der Waals surface area contributed by atoms with Crippen LogP contribution in [-0.4, -0.2) is 45.9 Å². The zero-order valence-electron chi connectivity index (χ0n) is 17.5. The van der Waals surface area contributed by atoms with Gasteiger partial charge in [-0.2, -0.15) is 9.07 Å². The highest BCUT2D eigenvalue weighted by Gasteiger charge is 2.37. The third-order valence-electron chi connectivity index (χ3n) is 6.38. The van der Waals surface area contributed by atoms with Crippen LogP contribution in [0.5, 0.6) is 0 Å². The number of carbonyl (C=O) groups is 1. The van der Waals surface area contributed by atoms with Crippen LogP contribution in [0.3, 0.4) is 0 Å². The number of nitrogens with zero attached hydrogens (tertiary/aromatic N) is 4. The summed E-state index contributed by atoms with van der Waals surface area (Å²) in [6.07, 6.45) is 1.56. The van der Waals surface area contributed by atoms with E-state index in [9.17, 15) is 14.4 Å². The molecule has 31 heavy (non-hydrogen) atoms. The Hall–Kier alpha value is -3.15. The quantitative estimate of drug-likeness (QED) is 0.350. The average Bonchev–Trinajstić information content (AvgIpc) is 3.47. The number of hydrogen-bond acceptors (Lipinski definition) is 7. The van der Waals surface area contributed by atoms with E-state index in [1.807, 2.05) is 11.8 Å². The van der Waals surface area contributed by atoms with Crippen LogP contribution in [0.4, 0.5) is 14.9 Å². The smallest absolute Gasteiger partial charge is 0.350 e. The lowest BCUT2D eigenvalue weighted by Crippen LogP contribution is -2.46. The molecule has 1 aliphatic carbocycles. The molecule has 1 aliphatic heterocycles. The van der Waals surface area contributed by atoms with Crippen LogP contribution >= 0.6 is 0 Å². The van der Waals surface area contributed by atoms with Gasteiger partial charge in [0.25, 0.3) is 0 Å². The molecule has 0 aromatic carbocycles. The number of anilines is 1.